The molecule has 0 aromatic carbocycles. The number of carboxylic acids is 1. The highest BCUT2D eigenvalue weighted by atomic mass is 16.4. The maximum atomic E-state index is 10.7. The molecule has 0 saturated carbocycles. The summed E-state index contributed by atoms with van der Waals surface area (Å²) in [4.78, 5) is 10.7. The molecule has 0 aromatic heterocycles. The van der Waals surface area contributed by atoms with E-state index < -0.39 is 12.0 Å². The molecule has 0 heterocycles. The van der Waals surface area contributed by atoms with Gasteiger partial charge in [-0.25, -0.2) is 0 Å². The van der Waals surface area contributed by atoms with Gasteiger partial charge >= 0.3 is 5.97 Å². The van der Waals surface area contributed by atoms with Crippen LogP contribution in [-0.4, -0.2) is 17.1 Å². The summed E-state index contributed by atoms with van der Waals surface area (Å²) in [6.07, 6.45) is 9.22. The maximum absolute atomic E-state index is 10.7. The molecule has 1 aliphatic rings. The fourth-order valence-electron chi connectivity index (χ4n) is 1.75. The van der Waals surface area contributed by atoms with Crippen LogP contribution in [0.4, 0.5) is 0 Å². The van der Waals surface area contributed by atoms with E-state index in [-0.39, 0.29) is 5.92 Å². The third-order valence-corrected chi connectivity index (χ3v) is 2.61. The first-order valence-electron chi connectivity index (χ1n) is 4.85. The maximum Gasteiger partial charge on any atom is 0.320 e. The van der Waals surface area contributed by atoms with Crippen LogP contribution in [0, 0.1) is 5.92 Å². The van der Waals surface area contributed by atoms with Crippen LogP contribution in [0.2, 0.25) is 0 Å². The zero-order valence-electron chi connectivity index (χ0n) is 7.78. The van der Waals surface area contributed by atoms with Crippen molar-refractivity contribution < 1.29 is 9.90 Å². The minimum Gasteiger partial charge on any atom is -0.480 e. The first-order chi connectivity index (χ1) is 6.22. The Morgan fingerprint density at radius 1 is 1.38 bits per heavy atom. The highest BCUT2D eigenvalue weighted by Crippen LogP contribution is 2.21. The molecule has 13 heavy (non-hydrogen) atoms. The molecule has 0 amide bonds. The average Bonchev–Trinajstić information content (AvgIpc) is 2.02. The van der Waals surface area contributed by atoms with E-state index in [1.54, 1.807) is 0 Å². The zero-order valence-corrected chi connectivity index (χ0v) is 7.78. The summed E-state index contributed by atoms with van der Waals surface area (Å²) >= 11 is 0. The van der Waals surface area contributed by atoms with E-state index in [2.05, 4.69) is 12.2 Å². The van der Waals surface area contributed by atoms with Crippen molar-refractivity contribution in [2.24, 2.45) is 11.7 Å². The van der Waals surface area contributed by atoms with Crippen molar-refractivity contribution in [2.45, 2.75) is 38.1 Å². The number of nitrogens with two attached hydrogens (primary N) is 1. The summed E-state index contributed by atoms with van der Waals surface area (Å²) in [5.41, 5.74) is 5.59. The Hall–Kier alpha value is -0.830. The van der Waals surface area contributed by atoms with Crippen LogP contribution < -0.4 is 5.73 Å². The third-order valence-electron chi connectivity index (χ3n) is 2.61. The van der Waals surface area contributed by atoms with E-state index in [1.165, 1.54) is 0 Å². The molecule has 74 valence electrons. The molecule has 0 bridgehead atoms. The van der Waals surface area contributed by atoms with Gasteiger partial charge in [-0.05, 0) is 38.0 Å². The van der Waals surface area contributed by atoms with E-state index in [0.29, 0.717) is 0 Å². The molecule has 2 unspecified atom stereocenters. The number of hydrogen-bond donors (Lipinski definition) is 2. The standard InChI is InChI=1S/C10H17NO2/c11-9(10(12)13)8-6-4-2-1-3-5-7-8/h1-2,8-9H,3-7,11H2,(H,12,13)/b2-1+. The monoisotopic (exact) mass is 183 g/mol. The van der Waals surface area contributed by atoms with Gasteiger partial charge in [-0.2, -0.15) is 0 Å². The van der Waals surface area contributed by atoms with Gasteiger partial charge in [0.05, 0.1) is 0 Å². The van der Waals surface area contributed by atoms with Crippen molar-refractivity contribution in [1.82, 2.24) is 0 Å². The second-order valence-corrected chi connectivity index (χ2v) is 3.60. The Bertz CT molecular complexity index is 201. The first-order valence-corrected chi connectivity index (χ1v) is 4.85. The van der Waals surface area contributed by atoms with Crippen molar-refractivity contribution in [1.29, 1.82) is 0 Å². The Balaban J connectivity index is 2.48. The molecular weight excluding hydrogens is 166 g/mol. The number of rotatable bonds is 2. The predicted octanol–water partition coefficient (Wildman–Crippen LogP) is 1.53. The number of carboxylic acid groups (broad SMARTS) is 1. The Labute approximate surface area is 78.6 Å². The van der Waals surface area contributed by atoms with E-state index in [4.69, 9.17) is 10.8 Å². The molecule has 0 fully saturated rings. The van der Waals surface area contributed by atoms with Gasteiger partial charge in [0.25, 0.3) is 0 Å². The minimum absolute atomic E-state index is 0.155. The fourth-order valence-corrected chi connectivity index (χ4v) is 1.75. The molecule has 0 aromatic rings. The van der Waals surface area contributed by atoms with Crippen molar-refractivity contribution in [3.8, 4) is 0 Å². The molecule has 1 aliphatic carbocycles. The molecule has 2 atom stereocenters. The van der Waals surface area contributed by atoms with Crippen molar-refractivity contribution in [2.75, 3.05) is 0 Å². The third kappa shape index (κ3) is 3.19. The summed E-state index contributed by atoms with van der Waals surface area (Å²) < 4.78 is 0. The van der Waals surface area contributed by atoms with Crippen LogP contribution in [-0.2, 0) is 4.79 Å². The van der Waals surface area contributed by atoms with Crippen LogP contribution >= 0.6 is 0 Å². The summed E-state index contributed by atoms with van der Waals surface area (Å²) in [6, 6.07) is -0.675. The summed E-state index contributed by atoms with van der Waals surface area (Å²) in [5.74, 6) is -0.711. The lowest BCUT2D eigenvalue weighted by Crippen LogP contribution is -2.38. The second-order valence-electron chi connectivity index (χ2n) is 3.60. The largest absolute Gasteiger partial charge is 0.480 e. The Morgan fingerprint density at radius 2 is 2.08 bits per heavy atom. The van der Waals surface area contributed by atoms with Crippen molar-refractivity contribution in [3.05, 3.63) is 12.2 Å². The lowest BCUT2D eigenvalue weighted by molar-refractivity contribution is -0.140. The number of carbonyl (C=O) groups is 1. The highest BCUT2D eigenvalue weighted by Gasteiger charge is 2.23. The van der Waals surface area contributed by atoms with Gasteiger partial charge in [-0.1, -0.05) is 12.2 Å². The summed E-state index contributed by atoms with van der Waals surface area (Å²) in [5, 5.41) is 8.75. The Kier molecular flexibility index (Phi) is 3.96. The molecule has 0 spiro atoms. The van der Waals surface area contributed by atoms with Gasteiger partial charge in [-0.15, -0.1) is 0 Å². The van der Waals surface area contributed by atoms with E-state index >= 15 is 0 Å². The summed E-state index contributed by atoms with van der Waals surface area (Å²) in [7, 11) is 0. The normalized spacial score (nSPS) is 28.5. The molecule has 0 radical (unpaired) electrons. The van der Waals surface area contributed by atoms with Crippen molar-refractivity contribution in [3.63, 3.8) is 0 Å². The lowest BCUT2D eigenvalue weighted by atomic mass is 9.88. The van der Waals surface area contributed by atoms with Crippen LogP contribution in [0.5, 0.6) is 0 Å². The predicted molar refractivity (Wildman–Crippen MR) is 51.3 cm³/mol. The number of aliphatic carboxylic acids is 1. The van der Waals surface area contributed by atoms with Crippen molar-refractivity contribution >= 4 is 5.97 Å². The van der Waals surface area contributed by atoms with E-state index in [1.807, 2.05) is 0 Å². The Morgan fingerprint density at radius 3 is 2.77 bits per heavy atom. The summed E-state index contributed by atoms with van der Waals surface area (Å²) in [6.45, 7) is 0. The van der Waals surface area contributed by atoms with Gasteiger partial charge in [0.2, 0.25) is 0 Å². The molecule has 1 rings (SSSR count). The number of hydrogen-bond acceptors (Lipinski definition) is 2. The average molecular weight is 183 g/mol. The minimum atomic E-state index is -0.866. The molecule has 0 aliphatic heterocycles. The SMILES string of the molecule is NC(C(=O)O)C1CC/C=C/CCC1. The van der Waals surface area contributed by atoms with Crippen LogP contribution in [0.25, 0.3) is 0 Å². The van der Waals surface area contributed by atoms with Crippen LogP contribution in [0.15, 0.2) is 12.2 Å². The molecule has 3 N–H and O–H groups in total. The van der Waals surface area contributed by atoms with Gasteiger partial charge in [0.15, 0.2) is 0 Å². The lowest BCUT2D eigenvalue weighted by Gasteiger charge is -2.20. The molecule has 3 nitrogen and oxygen atoms in total. The molecular formula is C10H17NO2. The topological polar surface area (TPSA) is 63.3 Å². The van der Waals surface area contributed by atoms with Crippen LogP contribution in [0.1, 0.15) is 32.1 Å². The van der Waals surface area contributed by atoms with Gasteiger partial charge in [0.1, 0.15) is 6.04 Å². The number of allylic oxidation sites excluding steroid dienone is 2. The molecule has 3 heteroatoms. The second kappa shape index (κ2) is 5.02. The molecule has 0 saturated heterocycles. The highest BCUT2D eigenvalue weighted by molar-refractivity contribution is 5.73. The van der Waals surface area contributed by atoms with E-state index in [0.717, 1.165) is 32.1 Å². The van der Waals surface area contributed by atoms with Gasteiger partial charge < -0.3 is 10.8 Å². The van der Waals surface area contributed by atoms with Gasteiger partial charge in [-0.3, -0.25) is 4.79 Å². The van der Waals surface area contributed by atoms with Crippen LogP contribution in [0.3, 0.4) is 0 Å². The quantitative estimate of drug-likeness (QED) is 0.638. The van der Waals surface area contributed by atoms with E-state index in [9.17, 15) is 4.79 Å². The zero-order chi connectivity index (χ0) is 9.68. The smallest absolute Gasteiger partial charge is 0.320 e. The first kappa shape index (κ1) is 10.3. The van der Waals surface area contributed by atoms with Gasteiger partial charge in [0, 0.05) is 0 Å². The fraction of sp³-hybridized carbons (Fsp3) is 0.700.